The van der Waals surface area contributed by atoms with Gasteiger partial charge in [0.05, 0.1) is 11.7 Å². The van der Waals surface area contributed by atoms with Crippen LogP contribution < -0.4 is 0 Å². The van der Waals surface area contributed by atoms with Gasteiger partial charge in [-0.15, -0.1) is 0 Å². The third-order valence-electron chi connectivity index (χ3n) is 5.48. The molecule has 1 N–H and O–H groups in total. The van der Waals surface area contributed by atoms with Crippen LogP contribution in [0, 0.1) is 6.92 Å². The molecule has 1 aliphatic rings. The van der Waals surface area contributed by atoms with Gasteiger partial charge in [-0.25, -0.2) is 0 Å². The van der Waals surface area contributed by atoms with E-state index >= 15 is 0 Å². The minimum atomic E-state index is -0.219. The average Bonchev–Trinajstić information content (AvgIpc) is 3.30. The van der Waals surface area contributed by atoms with Crippen LogP contribution in [0.25, 0.3) is 11.3 Å². The van der Waals surface area contributed by atoms with Crippen molar-refractivity contribution in [1.29, 1.82) is 0 Å². The summed E-state index contributed by atoms with van der Waals surface area (Å²) in [4.78, 5) is 19.4. The summed E-state index contributed by atoms with van der Waals surface area (Å²) in [5.74, 6) is -0.0411. The number of carbonyl (C=O) groups is 1. The van der Waals surface area contributed by atoms with Crippen molar-refractivity contribution < 1.29 is 4.79 Å². The Labute approximate surface area is 182 Å². The van der Waals surface area contributed by atoms with Gasteiger partial charge in [0.15, 0.2) is 0 Å². The van der Waals surface area contributed by atoms with E-state index < -0.39 is 0 Å². The summed E-state index contributed by atoms with van der Waals surface area (Å²) in [7, 11) is 0. The normalized spacial score (nSPS) is 15.5. The number of H-pyrrole nitrogens is 1. The lowest BCUT2D eigenvalue weighted by Gasteiger charge is -2.26. The second-order valence-corrected chi connectivity index (χ2v) is 8.39. The van der Waals surface area contributed by atoms with E-state index in [0.29, 0.717) is 12.2 Å². The second-order valence-electron chi connectivity index (χ2n) is 7.47. The summed E-state index contributed by atoms with van der Waals surface area (Å²) in [5.41, 5.74) is 6.59. The van der Waals surface area contributed by atoms with Gasteiger partial charge in [0.1, 0.15) is 5.69 Å². The van der Waals surface area contributed by atoms with E-state index in [-0.39, 0.29) is 11.9 Å². The van der Waals surface area contributed by atoms with Gasteiger partial charge in [0.2, 0.25) is 0 Å². The summed E-state index contributed by atoms with van der Waals surface area (Å²) in [6.45, 7) is 2.56. The molecule has 0 spiro atoms. The Hall–Kier alpha value is -3.25. The van der Waals surface area contributed by atoms with E-state index in [1.165, 1.54) is 5.56 Å². The molecule has 1 atom stereocenters. The Bertz CT molecular complexity index is 1200. The van der Waals surface area contributed by atoms with Crippen molar-refractivity contribution in [2.24, 2.45) is 0 Å². The van der Waals surface area contributed by atoms with Crippen molar-refractivity contribution in [3.63, 3.8) is 0 Å². The molecule has 2 aromatic heterocycles. The van der Waals surface area contributed by atoms with Crippen LogP contribution in [0.4, 0.5) is 0 Å². The number of carbonyl (C=O) groups excluding carboxylic acids is 1. The maximum atomic E-state index is 13.4. The van der Waals surface area contributed by atoms with Crippen molar-refractivity contribution in [3.8, 4) is 11.3 Å². The highest BCUT2D eigenvalue weighted by Crippen LogP contribution is 2.43. The van der Waals surface area contributed by atoms with Crippen molar-refractivity contribution in [3.05, 3.63) is 105 Å². The molecule has 6 heteroatoms. The van der Waals surface area contributed by atoms with E-state index in [0.717, 1.165) is 32.4 Å². The minimum absolute atomic E-state index is 0.0411. The van der Waals surface area contributed by atoms with Gasteiger partial charge < -0.3 is 4.90 Å². The molecule has 0 saturated heterocycles. The number of pyridine rings is 1. The van der Waals surface area contributed by atoms with Crippen LogP contribution in [-0.4, -0.2) is 26.0 Å². The molecule has 1 unspecified atom stereocenters. The molecule has 2 aromatic carbocycles. The minimum Gasteiger partial charge on any atom is -0.322 e. The lowest BCUT2D eigenvalue weighted by molar-refractivity contribution is 0.0730. The number of halogens is 1. The summed E-state index contributed by atoms with van der Waals surface area (Å²) in [6, 6.07) is 20.0. The van der Waals surface area contributed by atoms with Crippen molar-refractivity contribution in [2.75, 3.05) is 0 Å². The molecule has 5 nitrogen and oxygen atoms in total. The first-order valence-corrected chi connectivity index (χ1v) is 10.5. The molecule has 5 rings (SSSR count). The lowest BCUT2D eigenvalue weighted by Crippen LogP contribution is -2.29. The fourth-order valence-electron chi connectivity index (χ4n) is 3.97. The Kier molecular flexibility index (Phi) is 4.71. The first-order valence-electron chi connectivity index (χ1n) is 9.72. The van der Waals surface area contributed by atoms with Crippen LogP contribution in [0.2, 0.25) is 0 Å². The largest absolute Gasteiger partial charge is 0.322 e. The van der Waals surface area contributed by atoms with Gasteiger partial charge in [0, 0.05) is 34.5 Å². The zero-order valence-corrected chi connectivity index (χ0v) is 17.9. The number of amides is 1. The number of nitrogens with one attached hydrogen (secondary N) is 1. The van der Waals surface area contributed by atoms with Gasteiger partial charge in [0.25, 0.3) is 5.91 Å². The number of aryl methyl sites for hydroxylation is 1. The van der Waals surface area contributed by atoms with Gasteiger partial charge in [-0.05, 0) is 42.3 Å². The van der Waals surface area contributed by atoms with E-state index in [1.807, 2.05) is 29.2 Å². The first kappa shape index (κ1) is 18.8. The quantitative estimate of drug-likeness (QED) is 0.451. The van der Waals surface area contributed by atoms with Crippen molar-refractivity contribution in [1.82, 2.24) is 20.1 Å². The van der Waals surface area contributed by atoms with E-state index in [4.69, 9.17) is 0 Å². The molecule has 1 amide bonds. The Balaban J connectivity index is 1.64. The molecule has 0 aliphatic carbocycles. The molecule has 0 bridgehead atoms. The zero-order chi connectivity index (χ0) is 20.7. The maximum absolute atomic E-state index is 13.4. The molecule has 148 valence electrons. The summed E-state index contributed by atoms with van der Waals surface area (Å²) in [6.07, 6.45) is 3.51. The topological polar surface area (TPSA) is 61.9 Å². The van der Waals surface area contributed by atoms with Crippen LogP contribution in [0.1, 0.15) is 38.8 Å². The molecular weight excluding hydrogens is 440 g/mol. The maximum Gasteiger partial charge on any atom is 0.273 e. The van der Waals surface area contributed by atoms with Crippen LogP contribution in [0.3, 0.4) is 0 Å². The molecule has 0 fully saturated rings. The third-order valence-corrected chi connectivity index (χ3v) is 6.01. The predicted molar refractivity (Wildman–Crippen MR) is 119 cm³/mol. The molecule has 0 saturated carbocycles. The van der Waals surface area contributed by atoms with E-state index in [2.05, 4.69) is 74.4 Å². The van der Waals surface area contributed by atoms with Crippen molar-refractivity contribution >= 4 is 21.8 Å². The number of nitrogens with zero attached hydrogens (tertiary/aromatic N) is 3. The highest BCUT2D eigenvalue weighted by Gasteiger charge is 2.42. The SMILES string of the molecule is Cc1ccc(-c2n[nH]c3c2C(c2ccc(Br)cc2)N(Cc2ccncc2)C3=O)cc1. The fourth-order valence-corrected chi connectivity index (χ4v) is 4.23. The summed E-state index contributed by atoms with van der Waals surface area (Å²) < 4.78 is 1.00. The zero-order valence-electron chi connectivity index (χ0n) is 16.3. The van der Waals surface area contributed by atoms with Crippen LogP contribution in [0.5, 0.6) is 0 Å². The van der Waals surface area contributed by atoms with Crippen LogP contribution in [-0.2, 0) is 6.54 Å². The molecule has 1 aliphatic heterocycles. The van der Waals surface area contributed by atoms with Gasteiger partial charge in [-0.2, -0.15) is 5.10 Å². The Morgan fingerprint density at radius 1 is 1.00 bits per heavy atom. The number of rotatable bonds is 4. The van der Waals surface area contributed by atoms with E-state index in [1.54, 1.807) is 12.4 Å². The lowest BCUT2D eigenvalue weighted by atomic mass is 9.95. The fraction of sp³-hybridized carbons (Fsp3) is 0.125. The molecule has 30 heavy (non-hydrogen) atoms. The number of aromatic nitrogens is 3. The van der Waals surface area contributed by atoms with Gasteiger partial charge >= 0.3 is 0 Å². The molecule has 0 radical (unpaired) electrons. The standard InChI is InChI=1S/C24H19BrN4O/c1-15-2-4-17(5-3-15)21-20-22(28-27-21)24(30)29(14-16-10-12-26-13-11-16)23(20)18-6-8-19(25)9-7-18/h2-13,23H,14H2,1H3,(H,27,28). The Morgan fingerprint density at radius 2 is 1.70 bits per heavy atom. The summed E-state index contributed by atoms with van der Waals surface area (Å²) >= 11 is 3.51. The Morgan fingerprint density at radius 3 is 2.40 bits per heavy atom. The second kappa shape index (κ2) is 7.54. The van der Waals surface area contributed by atoms with E-state index in [9.17, 15) is 4.79 Å². The highest BCUT2D eigenvalue weighted by atomic mass is 79.9. The van der Waals surface area contributed by atoms with Crippen LogP contribution in [0.15, 0.2) is 77.5 Å². The van der Waals surface area contributed by atoms with Gasteiger partial charge in [-0.1, -0.05) is 57.9 Å². The highest BCUT2D eigenvalue weighted by molar-refractivity contribution is 9.10. The number of fused-ring (bicyclic) bond motifs is 1. The monoisotopic (exact) mass is 458 g/mol. The number of aromatic amines is 1. The first-order chi connectivity index (χ1) is 14.6. The number of hydrogen-bond acceptors (Lipinski definition) is 3. The van der Waals surface area contributed by atoms with Gasteiger partial charge in [-0.3, -0.25) is 14.9 Å². The predicted octanol–water partition coefficient (Wildman–Crippen LogP) is 5.29. The molecular formula is C24H19BrN4O. The third kappa shape index (κ3) is 3.23. The average molecular weight is 459 g/mol. The number of hydrogen-bond donors (Lipinski definition) is 1. The van der Waals surface area contributed by atoms with Crippen molar-refractivity contribution in [2.45, 2.75) is 19.5 Å². The molecule has 3 heterocycles. The van der Waals surface area contributed by atoms with Crippen LogP contribution >= 0.6 is 15.9 Å². The number of benzene rings is 2. The molecule has 4 aromatic rings. The summed E-state index contributed by atoms with van der Waals surface area (Å²) in [5, 5.41) is 7.54. The smallest absolute Gasteiger partial charge is 0.273 e.